The van der Waals surface area contributed by atoms with E-state index in [-0.39, 0.29) is 17.9 Å². The van der Waals surface area contributed by atoms with Crippen molar-refractivity contribution in [2.75, 3.05) is 13.2 Å². The minimum absolute atomic E-state index is 0.196. The molecule has 1 aromatic rings. The Hall–Kier alpha value is -1.84. The van der Waals surface area contributed by atoms with Crippen LogP contribution in [0.2, 0.25) is 0 Å². The van der Waals surface area contributed by atoms with Gasteiger partial charge >= 0.3 is 5.97 Å². The second-order valence-electron chi connectivity index (χ2n) is 7.98. The van der Waals surface area contributed by atoms with E-state index in [9.17, 15) is 9.59 Å². The summed E-state index contributed by atoms with van der Waals surface area (Å²) in [7, 11) is 0. The van der Waals surface area contributed by atoms with Gasteiger partial charge in [0, 0.05) is 19.0 Å². The summed E-state index contributed by atoms with van der Waals surface area (Å²) >= 11 is 0. The molecule has 0 spiro atoms. The monoisotopic (exact) mass is 387 g/mol. The van der Waals surface area contributed by atoms with Crippen molar-refractivity contribution in [1.82, 2.24) is 4.90 Å². The summed E-state index contributed by atoms with van der Waals surface area (Å²) in [4.78, 5) is 26.9. The molecule has 1 aromatic carbocycles. The van der Waals surface area contributed by atoms with Gasteiger partial charge in [-0.15, -0.1) is 0 Å². The maximum Gasteiger partial charge on any atom is 0.307 e. The smallest absolute Gasteiger partial charge is 0.307 e. The van der Waals surface area contributed by atoms with Gasteiger partial charge in [-0.25, -0.2) is 0 Å². The molecule has 4 nitrogen and oxygen atoms in total. The molecule has 28 heavy (non-hydrogen) atoms. The van der Waals surface area contributed by atoms with Gasteiger partial charge in [-0.3, -0.25) is 9.59 Å². The Balaban J connectivity index is 1.91. The van der Waals surface area contributed by atoms with E-state index < -0.39 is 0 Å². The normalized spacial score (nSPS) is 15.5. The van der Waals surface area contributed by atoms with Gasteiger partial charge in [0.15, 0.2) is 0 Å². The third kappa shape index (κ3) is 8.04. The van der Waals surface area contributed by atoms with Gasteiger partial charge in [-0.05, 0) is 45.1 Å². The van der Waals surface area contributed by atoms with Crippen molar-refractivity contribution >= 4 is 11.9 Å². The lowest BCUT2D eigenvalue weighted by atomic mass is 9.95. The summed E-state index contributed by atoms with van der Waals surface area (Å²) in [6, 6.07) is 8.82. The third-order valence-corrected chi connectivity index (χ3v) is 5.67. The predicted octanol–water partition coefficient (Wildman–Crippen LogP) is 5.21. The molecular formula is C24H37NO3. The molecule has 0 heterocycles. The molecule has 0 atom stereocenters. The molecule has 0 radical (unpaired) electrons. The minimum atomic E-state index is -0.203. The molecule has 0 aliphatic heterocycles. The number of aryl methyl sites for hydroxylation is 2. The van der Waals surface area contributed by atoms with Gasteiger partial charge in [0.1, 0.15) is 0 Å². The zero-order valence-electron chi connectivity index (χ0n) is 17.8. The number of ether oxygens (including phenoxy) is 1. The lowest BCUT2D eigenvalue weighted by Crippen LogP contribution is -2.42. The number of benzene rings is 1. The van der Waals surface area contributed by atoms with E-state index in [0.29, 0.717) is 26.0 Å². The van der Waals surface area contributed by atoms with Gasteiger partial charge < -0.3 is 9.64 Å². The quantitative estimate of drug-likeness (QED) is 0.546. The van der Waals surface area contributed by atoms with E-state index in [2.05, 4.69) is 31.2 Å². The molecule has 156 valence electrons. The van der Waals surface area contributed by atoms with Crippen molar-refractivity contribution < 1.29 is 14.3 Å². The van der Waals surface area contributed by atoms with E-state index >= 15 is 0 Å². The average molecular weight is 388 g/mol. The lowest BCUT2D eigenvalue weighted by Gasteiger charge is -2.33. The third-order valence-electron chi connectivity index (χ3n) is 5.67. The largest absolute Gasteiger partial charge is 0.466 e. The Morgan fingerprint density at radius 2 is 1.64 bits per heavy atom. The maximum atomic E-state index is 13.0. The van der Waals surface area contributed by atoms with Gasteiger partial charge in [0.05, 0.1) is 13.0 Å². The molecule has 1 aliphatic rings. The highest BCUT2D eigenvalue weighted by atomic mass is 16.5. The van der Waals surface area contributed by atoms with Gasteiger partial charge in [0.25, 0.3) is 0 Å². The van der Waals surface area contributed by atoms with Crippen molar-refractivity contribution in [3.05, 3.63) is 35.4 Å². The molecule has 0 bridgehead atoms. The Morgan fingerprint density at radius 1 is 1.00 bits per heavy atom. The molecule has 1 fully saturated rings. The molecule has 0 N–H and O–H groups in total. The number of carbonyl (C=O) groups is 2. The fourth-order valence-electron chi connectivity index (χ4n) is 4.04. The molecule has 1 saturated carbocycles. The van der Waals surface area contributed by atoms with Crippen LogP contribution in [0.15, 0.2) is 24.3 Å². The molecule has 0 unspecified atom stereocenters. The number of hydrogen-bond donors (Lipinski definition) is 0. The Kier molecular flexibility index (Phi) is 10.1. The number of amides is 1. The van der Waals surface area contributed by atoms with Crippen LogP contribution in [0.1, 0.15) is 82.3 Å². The predicted molar refractivity (Wildman–Crippen MR) is 113 cm³/mol. The van der Waals surface area contributed by atoms with Crippen molar-refractivity contribution in [1.29, 1.82) is 0 Å². The van der Waals surface area contributed by atoms with Crippen LogP contribution in [0, 0.1) is 6.92 Å². The molecule has 2 rings (SSSR count). The Morgan fingerprint density at radius 3 is 2.29 bits per heavy atom. The fourth-order valence-corrected chi connectivity index (χ4v) is 4.04. The van der Waals surface area contributed by atoms with Crippen LogP contribution in [0.5, 0.6) is 0 Å². The first-order chi connectivity index (χ1) is 13.6. The van der Waals surface area contributed by atoms with Crippen molar-refractivity contribution in [3.63, 3.8) is 0 Å². The SMILES string of the molecule is CCOC(=O)CCN(C(=O)CCCc1ccc(C)cc1)C1CCCCCCC1. The maximum absolute atomic E-state index is 13.0. The van der Waals surface area contributed by atoms with Crippen molar-refractivity contribution in [2.45, 2.75) is 90.5 Å². The number of nitrogens with zero attached hydrogens (tertiary/aromatic N) is 1. The van der Waals surface area contributed by atoms with Crippen LogP contribution in [0.4, 0.5) is 0 Å². The number of esters is 1. The molecule has 1 aliphatic carbocycles. The van der Waals surface area contributed by atoms with Crippen LogP contribution < -0.4 is 0 Å². The molecule has 0 saturated heterocycles. The average Bonchev–Trinajstić information content (AvgIpc) is 2.65. The van der Waals surface area contributed by atoms with E-state index in [0.717, 1.165) is 25.7 Å². The topological polar surface area (TPSA) is 46.6 Å². The summed E-state index contributed by atoms with van der Waals surface area (Å²) in [5.41, 5.74) is 2.54. The van der Waals surface area contributed by atoms with Gasteiger partial charge in [-0.1, -0.05) is 61.9 Å². The second kappa shape index (κ2) is 12.6. The second-order valence-corrected chi connectivity index (χ2v) is 7.98. The summed E-state index contributed by atoms with van der Waals surface area (Å²) in [6.07, 6.45) is 10.9. The van der Waals surface area contributed by atoms with E-state index in [1.54, 1.807) is 0 Å². The van der Waals surface area contributed by atoms with Crippen LogP contribution in [-0.2, 0) is 20.7 Å². The Bertz CT molecular complexity index is 588. The summed E-state index contributed by atoms with van der Waals surface area (Å²) in [5, 5.41) is 0. The van der Waals surface area contributed by atoms with Crippen molar-refractivity contribution in [2.24, 2.45) is 0 Å². The molecular weight excluding hydrogens is 350 g/mol. The van der Waals surface area contributed by atoms with Crippen LogP contribution in [0.25, 0.3) is 0 Å². The zero-order valence-corrected chi connectivity index (χ0v) is 17.8. The number of hydrogen-bond acceptors (Lipinski definition) is 3. The highest BCUT2D eigenvalue weighted by Crippen LogP contribution is 2.23. The molecule has 0 aromatic heterocycles. The van der Waals surface area contributed by atoms with Crippen LogP contribution >= 0.6 is 0 Å². The summed E-state index contributed by atoms with van der Waals surface area (Å²) in [6.45, 7) is 4.80. The summed E-state index contributed by atoms with van der Waals surface area (Å²) < 4.78 is 5.08. The van der Waals surface area contributed by atoms with E-state index in [4.69, 9.17) is 4.74 Å². The van der Waals surface area contributed by atoms with Crippen LogP contribution in [0.3, 0.4) is 0 Å². The van der Waals surface area contributed by atoms with Crippen molar-refractivity contribution in [3.8, 4) is 0 Å². The number of rotatable bonds is 9. The summed E-state index contributed by atoms with van der Waals surface area (Å²) in [5.74, 6) is -0.00668. The first kappa shape index (κ1) is 22.4. The van der Waals surface area contributed by atoms with E-state index in [1.165, 1.54) is 43.2 Å². The highest BCUT2D eigenvalue weighted by Gasteiger charge is 2.24. The first-order valence-corrected chi connectivity index (χ1v) is 11.1. The fraction of sp³-hybridized carbons (Fsp3) is 0.667. The van der Waals surface area contributed by atoms with Crippen LogP contribution in [-0.4, -0.2) is 36.0 Å². The lowest BCUT2D eigenvalue weighted by molar-refractivity contribution is -0.144. The minimum Gasteiger partial charge on any atom is -0.466 e. The van der Waals surface area contributed by atoms with E-state index in [1.807, 2.05) is 11.8 Å². The Labute approximate surface area is 170 Å². The van der Waals surface area contributed by atoms with Gasteiger partial charge in [0.2, 0.25) is 5.91 Å². The van der Waals surface area contributed by atoms with Gasteiger partial charge in [-0.2, -0.15) is 0 Å². The number of carbonyl (C=O) groups excluding carboxylic acids is 2. The highest BCUT2D eigenvalue weighted by molar-refractivity contribution is 5.77. The standard InChI is InChI=1S/C24H37NO3/c1-3-28-24(27)18-19-25(22-11-7-5-4-6-8-12-22)23(26)13-9-10-21-16-14-20(2)15-17-21/h14-17,22H,3-13,18-19H2,1-2H3. The molecule has 1 amide bonds. The zero-order chi connectivity index (χ0) is 20.2. The molecule has 4 heteroatoms. The first-order valence-electron chi connectivity index (χ1n) is 11.1.